The molecule has 0 saturated heterocycles. The molecule has 0 aliphatic rings. The Bertz CT molecular complexity index is 1210. The van der Waals surface area contributed by atoms with Crippen molar-refractivity contribution in [1.29, 1.82) is 0 Å². The molecule has 1 amide bonds. The van der Waals surface area contributed by atoms with E-state index >= 15 is 0 Å². The zero-order valence-corrected chi connectivity index (χ0v) is 16.8. The third kappa shape index (κ3) is 3.84. The molecule has 4 aromatic rings. The molecular weight excluding hydrogens is 385 g/mol. The standard InChI is InChI=1S/C22H20FN5O2/c1-4-20-25-21(27-30-20)15-5-8-17(9-6-15)28-12-18(14(3)26-28)22(29)24-19-10-7-16(23)11-13(19)2/h5-12H,4H2,1-3H3,(H,24,29). The Hall–Kier alpha value is -3.81. The van der Waals surface area contributed by atoms with Gasteiger partial charge in [-0.1, -0.05) is 12.1 Å². The fourth-order valence-electron chi connectivity index (χ4n) is 3.05. The van der Waals surface area contributed by atoms with Crippen LogP contribution in [0.5, 0.6) is 0 Å². The summed E-state index contributed by atoms with van der Waals surface area (Å²) in [5.74, 6) is 0.474. The van der Waals surface area contributed by atoms with Crippen LogP contribution in [0.2, 0.25) is 0 Å². The highest BCUT2D eigenvalue weighted by Crippen LogP contribution is 2.21. The Labute approximate surface area is 172 Å². The first-order valence-corrected chi connectivity index (χ1v) is 9.51. The number of rotatable bonds is 5. The van der Waals surface area contributed by atoms with Crippen molar-refractivity contribution in [3.05, 3.63) is 77.2 Å². The molecule has 0 spiro atoms. The molecule has 0 radical (unpaired) electrons. The van der Waals surface area contributed by atoms with Crippen LogP contribution in [0.1, 0.15) is 34.4 Å². The number of hydrogen-bond donors (Lipinski definition) is 1. The summed E-state index contributed by atoms with van der Waals surface area (Å²) >= 11 is 0. The zero-order chi connectivity index (χ0) is 21.3. The third-order valence-corrected chi connectivity index (χ3v) is 4.74. The van der Waals surface area contributed by atoms with Gasteiger partial charge in [-0.2, -0.15) is 10.1 Å². The molecule has 4 rings (SSSR count). The second kappa shape index (κ2) is 7.90. The molecule has 152 valence electrons. The van der Waals surface area contributed by atoms with Gasteiger partial charge in [-0.15, -0.1) is 0 Å². The second-order valence-corrected chi connectivity index (χ2v) is 6.90. The molecule has 0 atom stereocenters. The van der Waals surface area contributed by atoms with E-state index in [1.165, 1.54) is 12.1 Å². The van der Waals surface area contributed by atoms with Gasteiger partial charge in [-0.25, -0.2) is 9.07 Å². The van der Waals surface area contributed by atoms with E-state index in [1.54, 1.807) is 30.8 Å². The van der Waals surface area contributed by atoms with Gasteiger partial charge in [-0.05, 0) is 61.9 Å². The van der Waals surface area contributed by atoms with E-state index in [0.29, 0.717) is 40.6 Å². The van der Waals surface area contributed by atoms with Gasteiger partial charge in [-0.3, -0.25) is 4.79 Å². The summed E-state index contributed by atoms with van der Waals surface area (Å²) in [7, 11) is 0. The van der Waals surface area contributed by atoms with Crippen molar-refractivity contribution in [2.24, 2.45) is 0 Å². The summed E-state index contributed by atoms with van der Waals surface area (Å²) in [6.45, 7) is 5.46. The maximum absolute atomic E-state index is 13.3. The Morgan fingerprint density at radius 2 is 1.93 bits per heavy atom. The van der Waals surface area contributed by atoms with E-state index in [9.17, 15) is 9.18 Å². The van der Waals surface area contributed by atoms with Gasteiger partial charge in [0.05, 0.1) is 16.9 Å². The predicted molar refractivity (Wildman–Crippen MR) is 110 cm³/mol. The first-order chi connectivity index (χ1) is 14.4. The highest BCUT2D eigenvalue weighted by Gasteiger charge is 2.16. The molecule has 0 aliphatic carbocycles. The highest BCUT2D eigenvalue weighted by atomic mass is 19.1. The topological polar surface area (TPSA) is 85.8 Å². The van der Waals surface area contributed by atoms with E-state index in [1.807, 2.05) is 31.2 Å². The van der Waals surface area contributed by atoms with Gasteiger partial charge in [0.1, 0.15) is 5.82 Å². The van der Waals surface area contributed by atoms with Gasteiger partial charge in [0, 0.05) is 23.9 Å². The Balaban J connectivity index is 1.55. The minimum atomic E-state index is -0.343. The molecule has 8 heteroatoms. The fourth-order valence-corrected chi connectivity index (χ4v) is 3.05. The van der Waals surface area contributed by atoms with E-state index < -0.39 is 0 Å². The van der Waals surface area contributed by atoms with Gasteiger partial charge < -0.3 is 9.84 Å². The molecule has 0 saturated carbocycles. The minimum absolute atomic E-state index is 0.302. The monoisotopic (exact) mass is 405 g/mol. The second-order valence-electron chi connectivity index (χ2n) is 6.90. The number of amides is 1. The lowest BCUT2D eigenvalue weighted by Gasteiger charge is -2.07. The molecule has 2 aromatic heterocycles. The largest absolute Gasteiger partial charge is 0.339 e. The fraction of sp³-hybridized carbons (Fsp3) is 0.182. The lowest BCUT2D eigenvalue weighted by atomic mass is 10.1. The molecule has 0 unspecified atom stereocenters. The number of nitrogens with one attached hydrogen (secondary N) is 1. The van der Waals surface area contributed by atoms with Gasteiger partial charge in [0.25, 0.3) is 5.91 Å². The molecular formula is C22H20FN5O2. The summed E-state index contributed by atoms with van der Waals surface area (Å²) in [5, 5.41) is 11.2. The van der Waals surface area contributed by atoms with Crippen LogP contribution in [0.15, 0.2) is 53.2 Å². The molecule has 0 aliphatic heterocycles. The maximum atomic E-state index is 13.3. The van der Waals surface area contributed by atoms with Crippen molar-refractivity contribution in [3.8, 4) is 17.1 Å². The van der Waals surface area contributed by atoms with Crippen molar-refractivity contribution >= 4 is 11.6 Å². The lowest BCUT2D eigenvalue weighted by molar-refractivity contribution is 0.102. The van der Waals surface area contributed by atoms with Crippen molar-refractivity contribution in [2.45, 2.75) is 27.2 Å². The van der Waals surface area contributed by atoms with E-state index in [-0.39, 0.29) is 11.7 Å². The van der Waals surface area contributed by atoms with Crippen LogP contribution in [0, 0.1) is 19.7 Å². The van der Waals surface area contributed by atoms with Crippen LogP contribution in [-0.2, 0) is 6.42 Å². The van der Waals surface area contributed by atoms with Crippen LogP contribution in [0.4, 0.5) is 10.1 Å². The number of anilines is 1. The molecule has 0 bridgehead atoms. The molecule has 1 N–H and O–H groups in total. The van der Waals surface area contributed by atoms with Gasteiger partial charge in [0.2, 0.25) is 11.7 Å². The summed E-state index contributed by atoms with van der Waals surface area (Å²) in [4.78, 5) is 17.0. The van der Waals surface area contributed by atoms with Gasteiger partial charge >= 0.3 is 0 Å². The number of hydrogen-bond acceptors (Lipinski definition) is 5. The van der Waals surface area contributed by atoms with E-state index in [4.69, 9.17) is 4.52 Å². The molecule has 30 heavy (non-hydrogen) atoms. The number of halogens is 1. The van der Waals surface area contributed by atoms with Crippen LogP contribution < -0.4 is 5.32 Å². The maximum Gasteiger partial charge on any atom is 0.259 e. The zero-order valence-electron chi connectivity index (χ0n) is 16.8. The third-order valence-electron chi connectivity index (χ3n) is 4.74. The highest BCUT2D eigenvalue weighted by molar-refractivity contribution is 6.05. The van der Waals surface area contributed by atoms with E-state index in [0.717, 1.165) is 11.3 Å². The van der Waals surface area contributed by atoms with Crippen LogP contribution >= 0.6 is 0 Å². The summed E-state index contributed by atoms with van der Waals surface area (Å²) < 4.78 is 20.1. The van der Waals surface area contributed by atoms with Crippen molar-refractivity contribution < 1.29 is 13.7 Å². The van der Waals surface area contributed by atoms with Gasteiger partial charge in [0.15, 0.2) is 0 Å². The number of nitrogens with zero attached hydrogens (tertiary/aromatic N) is 4. The Morgan fingerprint density at radius 1 is 1.17 bits per heavy atom. The van der Waals surface area contributed by atoms with Crippen molar-refractivity contribution in [2.75, 3.05) is 5.32 Å². The molecule has 2 aromatic carbocycles. The molecule has 2 heterocycles. The quantitative estimate of drug-likeness (QED) is 0.529. The average molecular weight is 405 g/mol. The SMILES string of the molecule is CCc1nc(-c2ccc(-n3cc(C(=O)Nc4ccc(F)cc4C)c(C)n3)cc2)no1. The summed E-state index contributed by atoms with van der Waals surface area (Å²) in [6, 6.07) is 11.7. The molecule has 0 fully saturated rings. The Morgan fingerprint density at radius 3 is 2.60 bits per heavy atom. The van der Waals surface area contributed by atoms with Crippen LogP contribution in [0.3, 0.4) is 0 Å². The first-order valence-electron chi connectivity index (χ1n) is 9.51. The number of aryl methyl sites for hydroxylation is 3. The molecule has 7 nitrogen and oxygen atoms in total. The van der Waals surface area contributed by atoms with Crippen LogP contribution in [-0.4, -0.2) is 25.8 Å². The lowest BCUT2D eigenvalue weighted by Crippen LogP contribution is -2.13. The summed E-state index contributed by atoms with van der Waals surface area (Å²) in [6.07, 6.45) is 2.35. The van der Waals surface area contributed by atoms with Crippen LogP contribution in [0.25, 0.3) is 17.1 Å². The normalized spacial score (nSPS) is 10.9. The number of aromatic nitrogens is 4. The smallest absolute Gasteiger partial charge is 0.259 e. The predicted octanol–water partition coefficient (Wildman–Crippen LogP) is 4.49. The Kier molecular flexibility index (Phi) is 5.14. The summed E-state index contributed by atoms with van der Waals surface area (Å²) in [5.41, 5.74) is 3.85. The van der Waals surface area contributed by atoms with Crippen molar-refractivity contribution in [1.82, 2.24) is 19.9 Å². The van der Waals surface area contributed by atoms with E-state index in [2.05, 4.69) is 20.6 Å². The number of carbonyl (C=O) groups excluding carboxylic acids is 1. The van der Waals surface area contributed by atoms with Crippen molar-refractivity contribution in [3.63, 3.8) is 0 Å². The first kappa shape index (κ1) is 19.5. The minimum Gasteiger partial charge on any atom is -0.339 e. The number of carbonyl (C=O) groups is 1. The number of benzene rings is 2. The average Bonchev–Trinajstić information content (AvgIpc) is 3.37.